The minimum absolute atomic E-state index is 0.154. The van der Waals surface area contributed by atoms with Crippen LogP contribution in [0.3, 0.4) is 0 Å². The lowest BCUT2D eigenvalue weighted by molar-refractivity contribution is -0.00556. The Morgan fingerprint density at radius 3 is 2.14 bits per heavy atom. The molecule has 1 aromatic heterocycles. The molecule has 0 aliphatic carbocycles. The number of benzene rings is 5. The van der Waals surface area contributed by atoms with Crippen LogP contribution in [0.4, 0.5) is 27.1 Å². The lowest BCUT2D eigenvalue weighted by Crippen LogP contribution is -2.46. The summed E-state index contributed by atoms with van der Waals surface area (Å²) in [6, 6.07) is 38.4. The zero-order valence-electron chi connectivity index (χ0n) is 37.0. The van der Waals surface area contributed by atoms with Crippen molar-refractivity contribution in [3.05, 3.63) is 143 Å². The van der Waals surface area contributed by atoms with Crippen molar-refractivity contribution in [1.82, 2.24) is 9.47 Å². The SMILES string of the molecule is Cc1cc(S(=O)(=O)Nc2ccc(N3CCN(c4cc(F)cc(-c5cc(C)n(C)c5-c5ccc(Cl)cc5)c4)CC3)cc2)ccc1N[C@H](CCN1CCC(C)(O)CC1)CSc1ccccc1. The van der Waals surface area contributed by atoms with E-state index < -0.39 is 15.6 Å². The summed E-state index contributed by atoms with van der Waals surface area (Å²) in [6.45, 7) is 11.5. The third kappa shape index (κ3) is 11.1. The molecule has 1 atom stereocenters. The lowest BCUT2D eigenvalue weighted by Gasteiger charge is -2.37. The normalized spacial score (nSPS) is 16.2. The van der Waals surface area contributed by atoms with Crippen LogP contribution in [0.2, 0.25) is 5.02 Å². The van der Waals surface area contributed by atoms with Crippen LogP contribution in [0, 0.1) is 19.7 Å². The van der Waals surface area contributed by atoms with E-state index in [0.29, 0.717) is 23.8 Å². The van der Waals surface area contributed by atoms with Gasteiger partial charge in [-0.05, 0) is 148 Å². The Bertz CT molecular complexity index is 2640. The molecular weight excluding hydrogens is 863 g/mol. The van der Waals surface area contributed by atoms with Crippen LogP contribution in [0.15, 0.2) is 131 Å². The van der Waals surface area contributed by atoms with Crippen molar-refractivity contribution in [2.45, 2.75) is 61.5 Å². The molecule has 8 rings (SSSR count). The number of nitrogens with zero attached hydrogens (tertiary/aromatic N) is 4. The highest BCUT2D eigenvalue weighted by Gasteiger charge is 2.28. The van der Waals surface area contributed by atoms with Gasteiger partial charge in [-0.25, -0.2) is 12.8 Å². The van der Waals surface area contributed by atoms with Crippen molar-refractivity contribution in [2.24, 2.45) is 7.05 Å². The van der Waals surface area contributed by atoms with Crippen molar-refractivity contribution in [3.63, 3.8) is 0 Å². The molecule has 0 bridgehead atoms. The van der Waals surface area contributed by atoms with E-state index in [1.54, 1.807) is 36.4 Å². The molecule has 0 radical (unpaired) electrons. The van der Waals surface area contributed by atoms with Crippen molar-refractivity contribution in [3.8, 4) is 22.4 Å². The van der Waals surface area contributed by atoms with Gasteiger partial charge >= 0.3 is 0 Å². The Kier molecular flexibility index (Phi) is 14.0. The molecule has 13 heteroatoms. The molecule has 6 aromatic rings. The average Bonchev–Trinajstić information content (AvgIpc) is 3.59. The van der Waals surface area contributed by atoms with Crippen LogP contribution in [-0.4, -0.2) is 86.2 Å². The number of sulfonamides is 1. The number of thioether (sulfide) groups is 1. The number of halogens is 2. The van der Waals surface area contributed by atoms with Crippen molar-refractivity contribution in [2.75, 3.05) is 71.4 Å². The number of hydrogen-bond donors (Lipinski definition) is 3. The fourth-order valence-corrected chi connectivity index (χ4v) is 11.0. The molecule has 0 saturated carbocycles. The summed E-state index contributed by atoms with van der Waals surface area (Å²) < 4.78 is 47.6. The third-order valence-corrected chi connectivity index (χ3v) is 15.5. The van der Waals surface area contributed by atoms with Gasteiger partial charge in [-0.3, -0.25) is 4.72 Å². The van der Waals surface area contributed by atoms with E-state index in [9.17, 15) is 13.5 Å². The molecule has 9 nitrogen and oxygen atoms in total. The zero-order chi connectivity index (χ0) is 45.0. The van der Waals surface area contributed by atoms with Gasteiger partial charge in [0.2, 0.25) is 0 Å². The van der Waals surface area contributed by atoms with E-state index >= 15 is 4.39 Å². The van der Waals surface area contributed by atoms with E-state index in [4.69, 9.17) is 11.6 Å². The summed E-state index contributed by atoms with van der Waals surface area (Å²) in [5.74, 6) is 0.579. The maximum Gasteiger partial charge on any atom is 0.261 e. The molecular formula is C51H58ClFN6O3S2. The number of likely N-dealkylation sites (tertiary alicyclic amines) is 1. The van der Waals surface area contributed by atoms with Gasteiger partial charge in [-0.15, -0.1) is 11.8 Å². The van der Waals surface area contributed by atoms with Gasteiger partial charge in [0.15, 0.2) is 0 Å². The Morgan fingerprint density at radius 2 is 1.47 bits per heavy atom. The summed E-state index contributed by atoms with van der Waals surface area (Å²) in [7, 11) is -1.83. The number of piperazine rings is 1. The monoisotopic (exact) mass is 920 g/mol. The Morgan fingerprint density at radius 1 is 0.797 bits per heavy atom. The van der Waals surface area contributed by atoms with Gasteiger partial charge in [-0.2, -0.15) is 0 Å². The molecule has 5 aromatic carbocycles. The molecule has 2 fully saturated rings. The van der Waals surface area contributed by atoms with Crippen LogP contribution < -0.4 is 19.8 Å². The number of nitrogens with one attached hydrogen (secondary N) is 2. The van der Waals surface area contributed by atoms with Crippen LogP contribution in [-0.2, 0) is 17.1 Å². The zero-order valence-corrected chi connectivity index (χ0v) is 39.4. The molecule has 0 unspecified atom stereocenters. The maximum atomic E-state index is 15.3. The van der Waals surface area contributed by atoms with Gasteiger partial charge in [-0.1, -0.05) is 41.9 Å². The molecule has 3 N–H and O–H groups in total. The van der Waals surface area contributed by atoms with Gasteiger partial charge in [0, 0.05) is 109 Å². The lowest BCUT2D eigenvalue weighted by atomic mass is 9.94. The first-order valence-electron chi connectivity index (χ1n) is 22.1. The standard InChI is InChI=1S/C51H58ClFN6O3S2/c1-36-30-47(18-19-49(36)54-43(35-63-46-8-6-5-7-9-46)20-23-57-24-21-51(3,60)22-25-57)64(61,62)55-42-14-16-44(17-15-42)58-26-28-59(29-27-58)45-33-39(32-41(53)34-45)48-31-37(2)56(4)50(48)38-10-12-40(52)13-11-38/h5-19,30-34,43,54-55,60H,20-29,35H2,1-4H3/t43-/m1/s1. The highest BCUT2D eigenvalue weighted by atomic mass is 35.5. The summed E-state index contributed by atoms with van der Waals surface area (Å²) in [6.07, 6.45) is 2.47. The summed E-state index contributed by atoms with van der Waals surface area (Å²) in [5.41, 5.74) is 8.40. The predicted octanol–water partition coefficient (Wildman–Crippen LogP) is 10.7. The summed E-state index contributed by atoms with van der Waals surface area (Å²) in [5, 5.41) is 14.8. The highest BCUT2D eigenvalue weighted by Crippen LogP contribution is 2.38. The van der Waals surface area contributed by atoms with Crippen LogP contribution >= 0.6 is 23.4 Å². The highest BCUT2D eigenvalue weighted by molar-refractivity contribution is 7.99. The first-order valence-corrected chi connectivity index (χ1v) is 24.9. The first-order chi connectivity index (χ1) is 30.7. The molecule has 0 spiro atoms. The summed E-state index contributed by atoms with van der Waals surface area (Å²) >= 11 is 8.01. The number of aryl methyl sites for hydroxylation is 2. The predicted molar refractivity (Wildman–Crippen MR) is 264 cm³/mol. The van der Waals surface area contributed by atoms with Crippen molar-refractivity contribution in [1.29, 1.82) is 0 Å². The number of anilines is 4. The van der Waals surface area contributed by atoms with E-state index in [-0.39, 0.29) is 16.8 Å². The van der Waals surface area contributed by atoms with Gasteiger partial charge in [0.1, 0.15) is 5.82 Å². The number of aromatic nitrogens is 1. The minimum atomic E-state index is -3.85. The third-order valence-electron chi connectivity index (χ3n) is 12.7. The molecule has 336 valence electrons. The molecule has 2 aliphatic heterocycles. The quantitative estimate of drug-likeness (QED) is 0.0878. The van der Waals surface area contributed by atoms with Gasteiger partial charge in [0.05, 0.1) is 16.2 Å². The number of hydrogen-bond acceptors (Lipinski definition) is 8. The molecule has 64 heavy (non-hydrogen) atoms. The largest absolute Gasteiger partial charge is 0.390 e. The molecule has 3 heterocycles. The van der Waals surface area contributed by atoms with E-state index in [1.807, 2.05) is 81.2 Å². The van der Waals surface area contributed by atoms with E-state index in [1.165, 1.54) is 4.90 Å². The molecule has 2 aliphatic rings. The van der Waals surface area contributed by atoms with E-state index in [0.717, 1.165) is 108 Å². The second-order valence-corrected chi connectivity index (χ2v) is 20.7. The molecule has 0 amide bonds. The first kappa shape index (κ1) is 45.6. The van der Waals surface area contributed by atoms with Crippen LogP contribution in [0.25, 0.3) is 22.4 Å². The fourth-order valence-electron chi connectivity index (χ4n) is 8.69. The smallest absolute Gasteiger partial charge is 0.261 e. The van der Waals surface area contributed by atoms with E-state index in [2.05, 4.69) is 72.6 Å². The topological polar surface area (TPSA) is 93.1 Å². The number of piperidine rings is 1. The Balaban J connectivity index is 0.882. The fraction of sp³-hybridized carbons (Fsp3) is 0.333. The maximum absolute atomic E-state index is 15.3. The van der Waals surface area contributed by atoms with Crippen molar-refractivity contribution >= 4 is 56.1 Å². The van der Waals surface area contributed by atoms with Crippen LogP contribution in [0.5, 0.6) is 0 Å². The van der Waals surface area contributed by atoms with Crippen molar-refractivity contribution < 1.29 is 17.9 Å². The Labute approximate surface area is 387 Å². The number of aliphatic hydroxyl groups is 1. The second kappa shape index (κ2) is 19.6. The van der Waals surface area contributed by atoms with Gasteiger partial charge in [0.25, 0.3) is 10.0 Å². The molecule has 2 saturated heterocycles. The Hall–Kier alpha value is -4.98. The van der Waals surface area contributed by atoms with Gasteiger partial charge < -0.3 is 29.7 Å². The van der Waals surface area contributed by atoms with Crippen LogP contribution in [0.1, 0.15) is 37.4 Å². The number of rotatable bonds is 15. The second-order valence-electron chi connectivity index (χ2n) is 17.5. The minimum Gasteiger partial charge on any atom is -0.390 e. The average molecular weight is 922 g/mol. The summed E-state index contributed by atoms with van der Waals surface area (Å²) in [4.78, 5) is 8.33.